The summed E-state index contributed by atoms with van der Waals surface area (Å²) in [6.45, 7) is 7.94. The topological polar surface area (TPSA) is 112 Å². The maximum absolute atomic E-state index is 6.39. The van der Waals surface area contributed by atoms with Gasteiger partial charge >= 0.3 is 0 Å². The van der Waals surface area contributed by atoms with Gasteiger partial charge in [0, 0.05) is 34.7 Å². The Hall–Kier alpha value is -2.71. The van der Waals surface area contributed by atoms with E-state index in [0.29, 0.717) is 18.5 Å². The molecule has 8 heteroatoms. The molecule has 1 saturated heterocycles. The average Bonchev–Trinajstić information content (AvgIpc) is 2.85. The number of nitrogen functional groups attached to an aromatic ring is 1. The van der Waals surface area contributed by atoms with E-state index in [9.17, 15) is 0 Å². The molecule has 2 aliphatic carbocycles. The summed E-state index contributed by atoms with van der Waals surface area (Å²) in [6.07, 6.45) is 9.55. The Kier molecular flexibility index (Phi) is 6.93. The fourth-order valence-electron chi connectivity index (χ4n) is 5.70. The SMILES string of the molecule is CC1(C)/C(=N/OCCN2CCCCC2)c2cc(OC3CCC(N)CC3)ccc2-c2ncnc(N)c21. The minimum Gasteiger partial charge on any atom is -0.490 e. The van der Waals surface area contributed by atoms with Crippen molar-refractivity contribution in [3.8, 4) is 17.0 Å². The van der Waals surface area contributed by atoms with Crippen molar-refractivity contribution in [2.45, 2.75) is 76.4 Å². The molecule has 2 aromatic rings. The van der Waals surface area contributed by atoms with E-state index in [4.69, 9.17) is 26.2 Å². The molecule has 0 bridgehead atoms. The average molecular weight is 479 g/mol. The molecule has 0 spiro atoms. The molecule has 5 rings (SSSR count). The van der Waals surface area contributed by atoms with Crippen molar-refractivity contribution in [1.29, 1.82) is 0 Å². The van der Waals surface area contributed by atoms with Crippen LogP contribution in [0, 0.1) is 0 Å². The summed E-state index contributed by atoms with van der Waals surface area (Å²) < 4.78 is 6.39. The van der Waals surface area contributed by atoms with Gasteiger partial charge in [-0.2, -0.15) is 0 Å². The van der Waals surface area contributed by atoms with Crippen LogP contribution in [0.5, 0.6) is 5.75 Å². The number of likely N-dealkylation sites (tertiary alicyclic amines) is 1. The zero-order chi connectivity index (χ0) is 24.4. The highest BCUT2D eigenvalue weighted by Gasteiger charge is 2.41. The minimum atomic E-state index is -0.519. The van der Waals surface area contributed by atoms with Gasteiger partial charge in [-0.3, -0.25) is 4.90 Å². The summed E-state index contributed by atoms with van der Waals surface area (Å²) in [5, 5.41) is 4.71. The number of nitrogens with zero attached hydrogens (tertiary/aromatic N) is 4. The molecular weight excluding hydrogens is 440 g/mol. The molecule has 0 unspecified atom stereocenters. The summed E-state index contributed by atoms with van der Waals surface area (Å²) >= 11 is 0. The van der Waals surface area contributed by atoms with Crippen LogP contribution >= 0.6 is 0 Å². The minimum absolute atomic E-state index is 0.191. The molecule has 1 aromatic carbocycles. The Bertz CT molecular complexity index is 1070. The molecule has 0 amide bonds. The summed E-state index contributed by atoms with van der Waals surface area (Å²) in [4.78, 5) is 17.3. The third kappa shape index (κ3) is 5.00. The Morgan fingerprint density at radius 2 is 1.83 bits per heavy atom. The van der Waals surface area contributed by atoms with Crippen LogP contribution in [0.1, 0.15) is 69.9 Å². The second-order valence-electron chi connectivity index (χ2n) is 10.6. The number of anilines is 1. The van der Waals surface area contributed by atoms with E-state index >= 15 is 0 Å². The van der Waals surface area contributed by atoms with Gasteiger partial charge in [-0.1, -0.05) is 11.6 Å². The number of aromatic nitrogens is 2. The third-order valence-electron chi connectivity index (χ3n) is 7.72. The van der Waals surface area contributed by atoms with Gasteiger partial charge < -0.3 is 21.0 Å². The first-order valence-corrected chi connectivity index (χ1v) is 13.0. The van der Waals surface area contributed by atoms with Crippen molar-refractivity contribution < 1.29 is 9.57 Å². The lowest BCUT2D eigenvalue weighted by Crippen LogP contribution is -2.37. The van der Waals surface area contributed by atoms with Crippen molar-refractivity contribution in [3.63, 3.8) is 0 Å². The number of hydrogen-bond acceptors (Lipinski definition) is 8. The first-order chi connectivity index (χ1) is 16.9. The van der Waals surface area contributed by atoms with Gasteiger partial charge in [0.2, 0.25) is 0 Å². The van der Waals surface area contributed by atoms with Crippen LogP contribution in [0.15, 0.2) is 29.7 Å². The summed E-state index contributed by atoms with van der Waals surface area (Å²) in [7, 11) is 0. The maximum atomic E-state index is 6.39. The molecule has 0 radical (unpaired) electrons. The van der Waals surface area contributed by atoms with Crippen molar-refractivity contribution in [2.24, 2.45) is 10.9 Å². The Morgan fingerprint density at radius 1 is 1.06 bits per heavy atom. The predicted molar refractivity (Wildman–Crippen MR) is 139 cm³/mol. The zero-order valence-corrected chi connectivity index (χ0v) is 21.0. The standard InChI is InChI=1S/C27H38N6O2/c1-27(2)23-24(30-17-31-26(23)29)21-11-10-20(35-19-8-6-18(28)7-9-19)16-22(21)25(27)32-34-15-14-33-12-4-3-5-13-33/h10-11,16-19H,3-9,12-15,28H2,1-2H3,(H2,29,30,31)/b32-25+. The summed E-state index contributed by atoms with van der Waals surface area (Å²) in [6, 6.07) is 6.45. The third-order valence-corrected chi connectivity index (χ3v) is 7.72. The monoisotopic (exact) mass is 478 g/mol. The predicted octanol–water partition coefficient (Wildman–Crippen LogP) is 3.87. The van der Waals surface area contributed by atoms with Crippen molar-refractivity contribution in [2.75, 3.05) is 32.0 Å². The number of rotatable bonds is 6. The van der Waals surface area contributed by atoms with Gasteiger partial charge in [-0.25, -0.2) is 9.97 Å². The Morgan fingerprint density at radius 3 is 2.60 bits per heavy atom. The molecule has 4 N–H and O–H groups in total. The lowest BCUT2D eigenvalue weighted by atomic mass is 9.70. The smallest absolute Gasteiger partial charge is 0.131 e. The van der Waals surface area contributed by atoms with Crippen LogP contribution in [-0.4, -0.2) is 59.0 Å². The molecule has 2 heterocycles. The molecule has 35 heavy (non-hydrogen) atoms. The van der Waals surface area contributed by atoms with Gasteiger partial charge in [0.05, 0.1) is 17.5 Å². The largest absolute Gasteiger partial charge is 0.490 e. The molecule has 2 fully saturated rings. The number of benzene rings is 1. The second-order valence-corrected chi connectivity index (χ2v) is 10.6. The Balaban J connectivity index is 1.44. The van der Waals surface area contributed by atoms with Crippen molar-refractivity contribution in [3.05, 3.63) is 35.7 Å². The van der Waals surface area contributed by atoms with Gasteiger partial charge in [0.1, 0.15) is 24.5 Å². The van der Waals surface area contributed by atoms with Gasteiger partial charge in [0.15, 0.2) is 0 Å². The Labute approximate surface area is 208 Å². The van der Waals surface area contributed by atoms with Crippen LogP contribution < -0.4 is 16.2 Å². The first-order valence-electron chi connectivity index (χ1n) is 13.0. The van der Waals surface area contributed by atoms with E-state index < -0.39 is 5.41 Å². The van der Waals surface area contributed by atoms with E-state index in [0.717, 1.165) is 79.2 Å². The molecule has 3 aliphatic rings. The molecule has 1 saturated carbocycles. The number of piperidine rings is 1. The molecule has 8 nitrogen and oxygen atoms in total. The molecule has 0 atom stereocenters. The van der Waals surface area contributed by atoms with Crippen LogP contribution in [0.2, 0.25) is 0 Å². The van der Waals surface area contributed by atoms with Crippen LogP contribution in [-0.2, 0) is 10.3 Å². The quantitative estimate of drug-likeness (QED) is 0.479. The van der Waals surface area contributed by atoms with Crippen molar-refractivity contribution in [1.82, 2.24) is 14.9 Å². The molecule has 1 aromatic heterocycles. The summed E-state index contributed by atoms with van der Waals surface area (Å²) in [5.74, 6) is 1.32. The number of fused-ring (bicyclic) bond motifs is 3. The van der Waals surface area contributed by atoms with Crippen LogP contribution in [0.25, 0.3) is 11.3 Å². The van der Waals surface area contributed by atoms with E-state index in [2.05, 4.69) is 40.8 Å². The lowest BCUT2D eigenvalue weighted by molar-refractivity contribution is 0.101. The van der Waals surface area contributed by atoms with E-state index in [1.165, 1.54) is 25.6 Å². The van der Waals surface area contributed by atoms with Crippen LogP contribution in [0.4, 0.5) is 5.82 Å². The normalized spacial score (nSPS) is 25.1. The maximum Gasteiger partial charge on any atom is 0.131 e. The van der Waals surface area contributed by atoms with E-state index in [-0.39, 0.29) is 6.10 Å². The van der Waals surface area contributed by atoms with Gasteiger partial charge in [-0.05, 0) is 83.7 Å². The highest BCUT2D eigenvalue weighted by atomic mass is 16.6. The highest BCUT2D eigenvalue weighted by molar-refractivity contribution is 6.15. The summed E-state index contributed by atoms with van der Waals surface area (Å²) in [5.41, 5.74) is 16.4. The van der Waals surface area contributed by atoms with Crippen LogP contribution in [0.3, 0.4) is 0 Å². The van der Waals surface area contributed by atoms with Crippen molar-refractivity contribution >= 4 is 11.5 Å². The highest BCUT2D eigenvalue weighted by Crippen LogP contribution is 2.45. The van der Waals surface area contributed by atoms with E-state index in [1.807, 2.05) is 6.07 Å². The second kappa shape index (κ2) is 10.1. The number of nitrogens with two attached hydrogens (primary N) is 2. The van der Waals surface area contributed by atoms with E-state index in [1.54, 1.807) is 0 Å². The molecule has 188 valence electrons. The van der Waals surface area contributed by atoms with Gasteiger partial charge in [-0.15, -0.1) is 0 Å². The fraction of sp³-hybridized carbons (Fsp3) is 0.593. The molecular formula is C27H38N6O2. The number of ether oxygens (including phenoxy) is 1. The fourth-order valence-corrected chi connectivity index (χ4v) is 5.70. The van der Waals surface area contributed by atoms with Gasteiger partial charge in [0.25, 0.3) is 0 Å². The number of oxime groups is 1. The first kappa shape index (κ1) is 24.0. The lowest BCUT2D eigenvalue weighted by Gasteiger charge is -2.35. The number of hydrogen-bond donors (Lipinski definition) is 2. The zero-order valence-electron chi connectivity index (χ0n) is 21.0. The molecule has 1 aliphatic heterocycles.